The van der Waals surface area contributed by atoms with Crippen LogP contribution < -0.4 is 5.73 Å². The van der Waals surface area contributed by atoms with Gasteiger partial charge in [0.25, 0.3) is 0 Å². The van der Waals surface area contributed by atoms with E-state index in [9.17, 15) is 4.79 Å². The highest BCUT2D eigenvalue weighted by molar-refractivity contribution is 5.69. The quantitative estimate of drug-likeness (QED) is 0.606. The first-order valence-electron chi connectivity index (χ1n) is 4.59. The van der Waals surface area contributed by atoms with Crippen LogP contribution in [0.2, 0.25) is 0 Å². The minimum absolute atomic E-state index is 0.145. The summed E-state index contributed by atoms with van der Waals surface area (Å²) in [6.45, 7) is 3.60. The lowest BCUT2D eigenvalue weighted by Gasteiger charge is -2.22. The number of likely N-dealkylation sites (N-methyl/N-ethyl adjacent to an activating group) is 1. The number of methoxy groups -OCH3 is 1. The summed E-state index contributed by atoms with van der Waals surface area (Å²) >= 11 is 0. The van der Waals surface area contributed by atoms with Crippen molar-refractivity contribution in [3.05, 3.63) is 0 Å². The van der Waals surface area contributed by atoms with E-state index in [1.165, 1.54) is 7.11 Å². The molecular weight excluding hydrogens is 168 g/mol. The molecule has 0 saturated carbocycles. The number of esters is 1. The minimum atomic E-state index is -0.145. The SMILES string of the molecule is COC(=O)CCCN(C)C(C)CN. The van der Waals surface area contributed by atoms with Crippen LogP contribution in [0.25, 0.3) is 0 Å². The second-order valence-electron chi connectivity index (χ2n) is 3.25. The van der Waals surface area contributed by atoms with E-state index in [0.29, 0.717) is 19.0 Å². The summed E-state index contributed by atoms with van der Waals surface area (Å²) in [5, 5.41) is 0. The first kappa shape index (κ1) is 12.4. The second-order valence-corrected chi connectivity index (χ2v) is 3.25. The van der Waals surface area contributed by atoms with Crippen molar-refractivity contribution >= 4 is 5.97 Å². The number of nitrogens with two attached hydrogens (primary N) is 1. The third-order valence-electron chi connectivity index (χ3n) is 2.21. The summed E-state index contributed by atoms with van der Waals surface area (Å²) in [6.07, 6.45) is 1.31. The molecule has 2 N–H and O–H groups in total. The molecule has 0 spiro atoms. The monoisotopic (exact) mass is 188 g/mol. The number of hydrogen-bond donors (Lipinski definition) is 1. The zero-order valence-corrected chi connectivity index (χ0v) is 8.75. The number of carbonyl (C=O) groups is 1. The van der Waals surface area contributed by atoms with Crippen LogP contribution in [0.1, 0.15) is 19.8 Å². The highest BCUT2D eigenvalue weighted by atomic mass is 16.5. The number of hydrogen-bond acceptors (Lipinski definition) is 4. The van der Waals surface area contributed by atoms with Crippen LogP contribution in [0.5, 0.6) is 0 Å². The van der Waals surface area contributed by atoms with Crippen molar-refractivity contribution < 1.29 is 9.53 Å². The molecule has 0 aliphatic carbocycles. The highest BCUT2D eigenvalue weighted by Crippen LogP contribution is 1.98. The Hall–Kier alpha value is -0.610. The van der Waals surface area contributed by atoms with E-state index in [1.54, 1.807) is 0 Å². The lowest BCUT2D eigenvalue weighted by Crippen LogP contribution is -2.36. The van der Waals surface area contributed by atoms with Gasteiger partial charge < -0.3 is 15.4 Å². The average molecular weight is 188 g/mol. The van der Waals surface area contributed by atoms with Gasteiger partial charge in [-0.15, -0.1) is 0 Å². The fraction of sp³-hybridized carbons (Fsp3) is 0.889. The van der Waals surface area contributed by atoms with E-state index < -0.39 is 0 Å². The van der Waals surface area contributed by atoms with E-state index in [0.717, 1.165) is 13.0 Å². The lowest BCUT2D eigenvalue weighted by atomic mass is 10.2. The van der Waals surface area contributed by atoms with E-state index in [-0.39, 0.29) is 5.97 Å². The van der Waals surface area contributed by atoms with E-state index >= 15 is 0 Å². The maximum Gasteiger partial charge on any atom is 0.305 e. The summed E-state index contributed by atoms with van der Waals surface area (Å²) in [4.78, 5) is 12.9. The molecule has 0 aliphatic rings. The van der Waals surface area contributed by atoms with Crippen LogP contribution in [-0.2, 0) is 9.53 Å². The van der Waals surface area contributed by atoms with Gasteiger partial charge in [-0.3, -0.25) is 4.79 Å². The lowest BCUT2D eigenvalue weighted by molar-refractivity contribution is -0.140. The van der Waals surface area contributed by atoms with Crippen molar-refractivity contribution in [1.82, 2.24) is 4.90 Å². The summed E-state index contributed by atoms with van der Waals surface area (Å²) < 4.78 is 4.54. The topological polar surface area (TPSA) is 55.6 Å². The van der Waals surface area contributed by atoms with E-state index in [2.05, 4.69) is 16.6 Å². The summed E-state index contributed by atoms with van der Waals surface area (Å²) in [7, 11) is 3.42. The van der Waals surface area contributed by atoms with Crippen LogP contribution in [0.4, 0.5) is 0 Å². The predicted molar refractivity (Wildman–Crippen MR) is 52.4 cm³/mol. The maximum atomic E-state index is 10.8. The Balaban J connectivity index is 3.47. The van der Waals surface area contributed by atoms with Gasteiger partial charge in [-0.1, -0.05) is 0 Å². The molecule has 0 rings (SSSR count). The zero-order chi connectivity index (χ0) is 10.3. The van der Waals surface area contributed by atoms with Gasteiger partial charge in [0.05, 0.1) is 7.11 Å². The number of nitrogens with zero attached hydrogens (tertiary/aromatic N) is 1. The second kappa shape index (κ2) is 6.86. The first-order chi connectivity index (χ1) is 6.11. The zero-order valence-electron chi connectivity index (χ0n) is 8.75. The first-order valence-corrected chi connectivity index (χ1v) is 4.59. The summed E-state index contributed by atoms with van der Waals surface area (Å²) in [6, 6.07) is 0.373. The number of carbonyl (C=O) groups excluding carboxylic acids is 1. The Morgan fingerprint density at radius 1 is 1.62 bits per heavy atom. The van der Waals surface area contributed by atoms with Gasteiger partial charge in [0.2, 0.25) is 0 Å². The van der Waals surface area contributed by atoms with Gasteiger partial charge in [0, 0.05) is 19.0 Å². The van der Waals surface area contributed by atoms with Gasteiger partial charge in [-0.05, 0) is 26.9 Å². The smallest absolute Gasteiger partial charge is 0.305 e. The minimum Gasteiger partial charge on any atom is -0.469 e. The van der Waals surface area contributed by atoms with Gasteiger partial charge in [0.15, 0.2) is 0 Å². The van der Waals surface area contributed by atoms with Crippen molar-refractivity contribution in [3.63, 3.8) is 0 Å². The Labute approximate surface area is 80.0 Å². The molecule has 0 radical (unpaired) electrons. The third kappa shape index (κ3) is 5.60. The normalized spacial score (nSPS) is 13.0. The molecule has 0 bridgehead atoms. The van der Waals surface area contributed by atoms with Crippen molar-refractivity contribution in [2.24, 2.45) is 5.73 Å². The molecule has 0 aliphatic heterocycles. The standard InChI is InChI=1S/C9H20N2O2/c1-8(7-10)11(2)6-4-5-9(12)13-3/h8H,4-7,10H2,1-3H3. The molecule has 0 saturated heterocycles. The Kier molecular flexibility index (Phi) is 6.54. The molecule has 0 heterocycles. The van der Waals surface area contributed by atoms with Crippen LogP contribution in [-0.4, -0.2) is 44.2 Å². The van der Waals surface area contributed by atoms with Crippen LogP contribution in [0.15, 0.2) is 0 Å². The predicted octanol–water partition coefficient (Wildman–Crippen LogP) is 0.219. The van der Waals surface area contributed by atoms with Gasteiger partial charge in [0.1, 0.15) is 0 Å². The molecule has 0 fully saturated rings. The van der Waals surface area contributed by atoms with Crippen molar-refractivity contribution in [1.29, 1.82) is 0 Å². The fourth-order valence-electron chi connectivity index (χ4n) is 0.975. The Morgan fingerprint density at radius 3 is 2.69 bits per heavy atom. The summed E-state index contributed by atoms with van der Waals surface area (Å²) in [5.41, 5.74) is 5.50. The van der Waals surface area contributed by atoms with Crippen molar-refractivity contribution in [3.8, 4) is 0 Å². The van der Waals surface area contributed by atoms with Gasteiger partial charge in [-0.2, -0.15) is 0 Å². The molecule has 4 nitrogen and oxygen atoms in total. The molecule has 0 aromatic heterocycles. The molecule has 1 unspecified atom stereocenters. The average Bonchev–Trinajstić information content (AvgIpc) is 2.15. The van der Waals surface area contributed by atoms with E-state index in [4.69, 9.17) is 5.73 Å². The third-order valence-corrected chi connectivity index (χ3v) is 2.21. The van der Waals surface area contributed by atoms with Crippen molar-refractivity contribution in [2.75, 3.05) is 27.2 Å². The molecule has 0 aromatic carbocycles. The molecule has 0 aromatic rings. The Morgan fingerprint density at radius 2 is 2.23 bits per heavy atom. The summed E-state index contributed by atoms with van der Waals surface area (Å²) in [5.74, 6) is -0.145. The molecule has 4 heteroatoms. The number of ether oxygens (including phenoxy) is 1. The maximum absolute atomic E-state index is 10.8. The van der Waals surface area contributed by atoms with Crippen LogP contribution in [0.3, 0.4) is 0 Å². The highest BCUT2D eigenvalue weighted by Gasteiger charge is 2.07. The largest absolute Gasteiger partial charge is 0.469 e. The van der Waals surface area contributed by atoms with Crippen molar-refractivity contribution in [2.45, 2.75) is 25.8 Å². The number of rotatable bonds is 6. The van der Waals surface area contributed by atoms with Crippen LogP contribution in [0, 0.1) is 0 Å². The van der Waals surface area contributed by atoms with Gasteiger partial charge in [-0.25, -0.2) is 0 Å². The van der Waals surface area contributed by atoms with Gasteiger partial charge >= 0.3 is 5.97 Å². The molecular formula is C9H20N2O2. The molecule has 0 amide bonds. The molecule has 13 heavy (non-hydrogen) atoms. The molecule has 1 atom stereocenters. The van der Waals surface area contributed by atoms with E-state index in [1.807, 2.05) is 7.05 Å². The molecule has 78 valence electrons. The Bertz CT molecular complexity index is 151. The fourth-order valence-corrected chi connectivity index (χ4v) is 0.975. The van der Waals surface area contributed by atoms with Crippen LogP contribution >= 0.6 is 0 Å².